The predicted molar refractivity (Wildman–Crippen MR) is 84.0 cm³/mol. The Bertz CT molecular complexity index is 675. The second-order valence-electron chi connectivity index (χ2n) is 5.48. The average Bonchev–Trinajstić information content (AvgIpc) is 3.22. The van der Waals surface area contributed by atoms with E-state index in [1.807, 2.05) is 31.2 Å². The van der Waals surface area contributed by atoms with Crippen LogP contribution in [-0.2, 0) is 4.74 Å². The zero-order valence-electron chi connectivity index (χ0n) is 13.3. The number of nitrogens with zero attached hydrogens (tertiary/aromatic N) is 3. The van der Waals surface area contributed by atoms with Crippen LogP contribution in [0.25, 0.3) is 5.69 Å². The third kappa shape index (κ3) is 3.34. The summed E-state index contributed by atoms with van der Waals surface area (Å²) in [6.45, 7) is 3.10. The molecule has 0 spiro atoms. The molecule has 23 heavy (non-hydrogen) atoms. The lowest BCUT2D eigenvalue weighted by atomic mass is 10.2. The summed E-state index contributed by atoms with van der Waals surface area (Å²) in [6, 6.07) is 7.42. The van der Waals surface area contributed by atoms with E-state index in [2.05, 4.69) is 15.6 Å². The highest BCUT2D eigenvalue weighted by atomic mass is 16.5. The number of methoxy groups -OCH3 is 1. The van der Waals surface area contributed by atoms with Gasteiger partial charge in [-0.3, -0.25) is 4.79 Å². The number of aromatic nitrogens is 3. The molecule has 1 aromatic heterocycles. The van der Waals surface area contributed by atoms with Crippen LogP contribution in [0.3, 0.4) is 0 Å². The largest absolute Gasteiger partial charge is 0.497 e. The first-order valence-electron chi connectivity index (χ1n) is 7.65. The molecule has 2 heterocycles. The fraction of sp³-hybridized carbons (Fsp3) is 0.438. The molecule has 0 bridgehead atoms. The third-order valence-corrected chi connectivity index (χ3v) is 3.94. The van der Waals surface area contributed by atoms with Crippen molar-refractivity contribution < 1.29 is 14.3 Å². The normalized spacial score (nSPS) is 17.2. The van der Waals surface area contributed by atoms with Crippen molar-refractivity contribution in [3.8, 4) is 11.4 Å². The van der Waals surface area contributed by atoms with Gasteiger partial charge in [0.2, 0.25) is 0 Å². The molecule has 7 heteroatoms. The van der Waals surface area contributed by atoms with E-state index in [1.54, 1.807) is 11.8 Å². The molecule has 3 rings (SSSR count). The number of amides is 1. The molecule has 1 aliphatic rings. The van der Waals surface area contributed by atoms with Gasteiger partial charge < -0.3 is 14.8 Å². The summed E-state index contributed by atoms with van der Waals surface area (Å²) in [4.78, 5) is 12.3. The lowest BCUT2D eigenvalue weighted by Gasteiger charge is -2.10. The summed E-state index contributed by atoms with van der Waals surface area (Å²) in [5.74, 6) is 0.541. The van der Waals surface area contributed by atoms with E-state index in [1.165, 1.54) is 0 Å². The minimum Gasteiger partial charge on any atom is -0.497 e. The topological polar surface area (TPSA) is 78.3 Å². The van der Waals surface area contributed by atoms with E-state index in [4.69, 9.17) is 9.47 Å². The molecule has 1 saturated heterocycles. The van der Waals surface area contributed by atoms with Gasteiger partial charge in [0.15, 0.2) is 5.69 Å². The molecule has 7 nitrogen and oxygen atoms in total. The van der Waals surface area contributed by atoms with Crippen LogP contribution in [0.15, 0.2) is 24.3 Å². The Hall–Kier alpha value is -2.41. The molecule has 1 amide bonds. The number of hydrogen-bond donors (Lipinski definition) is 1. The molecule has 1 aliphatic heterocycles. The molecule has 1 atom stereocenters. The summed E-state index contributed by atoms with van der Waals surface area (Å²) < 4.78 is 12.3. The summed E-state index contributed by atoms with van der Waals surface area (Å²) in [5.41, 5.74) is 1.85. The standard InChI is InChI=1S/C16H20N4O3/c1-11-15(16(21)17-10-14-4-3-9-23-14)18-19-20(11)12-5-7-13(22-2)8-6-12/h5-8,14H,3-4,9-10H2,1-2H3,(H,17,21). The van der Waals surface area contributed by atoms with Gasteiger partial charge in [-0.2, -0.15) is 0 Å². The number of hydrogen-bond acceptors (Lipinski definition) is 5. The van der Waals surface area contributed by atoms with Crippen LogP contribution in [0, 0.1) is 6.92 Å². The van der Waals surface area contributed by atoms with E-state index in [0.29, 0.717) is 17.9 Å². The zero-order valence-corrected chi connectivity index (χ0v) is 13.3. The van der Waals surface area contributed by atoms with E-state index in [9.17, 15) is 4.79 Å². The number of rotatable bonds is 5. The Morgan fingerprint density at radius 2 is 2.22 bits per heavy atom. The van der Waals surface area contributed by atoms with Gasteiger partial charge in [0, 0.05) is 13.2 Å². The number of benzene rings is 1. The predicted octanol–water partition coefficient (Wildman–Crippen LogP) is 1.49. The van der Waals surface area contributed by atoms with Crippen molar-refractivity contribution >= 4 is 5.91 Å². The van der Waals surface area contributed by atoms with E-state index >= 15 is 0 Å². The highest BCUT2D eigenvalue weighted by Crippen LogP contribution is 2.17. The molecule has 1 N–H and O–H groups in total. The van der Waals surface area contributed by atoms with Gasteiger partial charge in [0.05, 0.1) is 24.6 Å². The van der Waals surface area contributed by atoms with Crippen LogP contribution in [0.5, 0.6) is 5.75 Å². The van der Waals surface area contributed by atoms with Gasteiger partial charge in [-0.15, -0.1) is 5.10 Å². The van der Waals surface area contributed by atoms with E-state index in [-0.39, 0.29) is 12.0 Å². The SMILES string of the molecule is COc1ccc(-n2nnc(C(=O)NCC3CCCO3)c2C)cc1. The van der Waals surface area contributed by atoms with Crippen LogP contribution in [0.2, 0.25) is 0 Å². The fourth-order valence-corrected chi connectivity index (χ4v) is 2.60. The lowest BCUT2D eigenvalue weighted by Crippen LogP contribution is -2.32. The van der Waals surface area contributed by atoms with Crippen LogP contribution < -0.4 is 10.1 Å². The summed E-state index contributed by atoms with van der Waals surface area (Å²) in [7, 11) is 1.62. The maximum Gasteiger partial charge on any atom is 0.273 e. The summed E-state index contributed by atoms with van der Waals surface area (Å²) >= 11 is 0. The van der Waals surface area contributed by atoms with Crippen LogP contribution in [0.1, 0.15) is 29.0 Å². The Labute approximate surface area is 134 Å². The average molecular weight is 316 g/mol. The zero-order chi connectivity index (χ0) is 16.2. The monoisotopic (exact) mass is 316 g/mol. The van der Waals surface area contributed by atoms with Crippen molar-refractivity contribution in [1.82, 2.24) is 20.3 Å². The van der Waals surface area contributed by atoms with Gasteiger partial charge in [-0.1, -0.05) is 5.21 Å². The Morgan fingerprint density at radius 1 is 1.43 bits per heavy atom. The number of carbonyl (C=O) groups excluding carboxylic acids is 1. The van der Waals surface area contributed by atoms with Crippen molar-refractivity contribution in [2.24, 2.45) is 0 Å². The first-order valence-corrected chi connectivity index (χ1v) is 7.65. The molecule has 0 saturated carbocycles. The molecule has 122 valence electrons. The van der Waals surface area contributed by atoms with E-state index < -0.39 is 0 Å². The smallest absolute Gasteiger partial charge is 0.273 e. The number of carbonyl (C=O) groups is 1. The Balaban J connectivity index is 1.71. The quantitative estimate of drug-likeness (QED) is 0.904. The molecule has 0 aliphatic carbocycles. The fourth-order valence-electron chi connectivity index (χ4n) is 2.60. The third-order valence-electron chi connectivity index (χ3n) is 3.94. The highest BCUT2D eigenvalue weighted by Gasteiger charge is 2.20. The highest BCUT2D eigenvalue weighted by molar-refractivity contribution is 5.93. The maximum absolute atomic E-state index is 12.3. The van der Waals surface area contributed by atoms with Gasteiger partial charge in [-0.05, 0) is 44.0 Å². The van der Waals surface area contributed by atoms with Gasteiger partial charge >= 0.3 is 0 Å². The van der Waals surface area contributed by atoms with Crippen molar-refractivity contribution in [1.29, 1.82) is 0 Å². The van der Waals surface area contributed by atoms with Crippen molar-refractivity contribution in [3.63, 3.8) is 0 Å². The molecule has 1 aromatic carbocycles. The molecule has 2 aromatic rings. The van der Waals surface area contributed by atoms with Crippen molar-refractivity contribution in [2.45, 2.75) is 25.9 Å². The van der Waals surface area contributed by atoms with E-state index in [0.717, 1.165) is 30.9 Å². The van der Waals surface area contributed by atoms with Crippen LogP contribution in [0.4, 0.5) is 0 Å². The first-order chi connectivity index (χ1) is 11.2. The Kier molecular flexibility index (Phi) is 4.57. The van der Waals surface area contributed by atoms with Gasteiger partial charge in [0.1, 0.15) is 5.75 Å². The second-order valence-corrected chi connectivity index (χ2v) is 5.48. The van der Waals surface area contributed by atoms with Crippen LogP contribution >= 0.6 is 0 Å². The maximum atomic E-state index is 12.3. The van der Waals surface area contributed by atoms with Crippen molar-refractivity contribution in [3.05, 3.63) is 35.7 Å². The first kappa shape index (κ1) is 15.5. The molecule has 0 radical (unpaired) electrons. The van der Waals surface area contributed by atoms with Crippen molar-refractivity contribution in [2.75, 3.05) is 20.3 Å². The number of ether oxygens (including phenoxy) is 2. The van der Waals surface area contributed by atoms with Gasteiger partial charge in [-0.25, -0.2) is 4.68 Å². The minimum absolute atomic E-state index is 0.107. The number of nitrogens with one attached hydrogen (secondary N) is 1. The molecule has 1 unspecified atom stereocenters. The van der Waals surface area contributed by atoms with Crippen LogP contribution in [-0.4, -0.2) is 47.3 Å². The summed E-state index contributed by atoms with van der Waals surface area (Å²) in [5, 5.41) is 10.9. The lowest BCUT2D eigenvalue weighted by molar-refractivity contribution is 0.0853. The van der Waals surface area contributed by atoms with Gasteiger partial charge in [0.25, 0.3) is 5.91 Å². The molecule has 1 fully saturated rings. The molecular formula is C16H20N4O3. The Morgan fingerprint density at radius 3 is 2.87 bits per heavy atom. The summed E-state index contributed by atoms with van der Waals surface area (Å²) in [6.07, 6.45) is 2.14. The minimum atomic E-state index is -0.224. The second kappa shape index (κ2) is 6.78. The molecular weight excluding hydrogens is 296 g/mol.